The number of amides is 1. The molecule has 76 valence electrons. The number of piperazine rings is 1. The van der Waals surface area contributed by atoms with Crippen LogP contribution in [0.1, 0.15) is 13.8 Å². The van der Waals surface area contributed by atoms with Crippen LogP contribution in [0.4, 0.5) is 0 Å². The minimum absolute atomic E-state index is 0.115. The zero-order chi connectivity index (χ0) is 10.0. The molecule has 1 unspecified atom stereocenters. The third-order valence-electron chi connectivity index (χ3n) is 2.64. The molecule has 1 aliphatic rings. The van der Waals surface area contributed by atoms with Crippen LogP contribution >= 0.6 is 0 Å². The average Bonchev–Trinajstić information content (AvgIpc) is 2.04. The molecule has 0 aromatic carbocycles. The number of hydrogen-bond acceptors (Lipinski definition) is 3. The first kappa shape index (κ1) is 10.5. The Labute approximate surface area is 79.7 Å². The van der Waals surface area contributed by atoms with Crippen molar-refractivity contribution in [3.8, 4) is 0 Å². The summed E-state index contributed by atoms with van der Waals surface area (Å²) in [5.74, 6) is 0.172. The number of carbonyl (C=O) groups excluding carboxylic acids is 1. The maximum Gasteiger partial charge on any atom is 0.241 e. The van der Waals surface area contributed by atoms with Gasteiger partial charge in [0.2, 0.25) is 5.91 Å². The van der Waals surface area contributed by atoms with Crippen LogP contribution in [0, 0.1) is 0 Å². The first-order valence-electron chi connectivity index (χ1n) is 4.78. The highest BCUT2D eigenvalue weighted by Gasteiger charge is 2.32. The zero-order valence-corrected chi connectivity index (χ0v) is 8.66. The maximum absolute atomic E-state index is 11.8. The minimum Gasteiger partial charge on any atom is -0.338 e. The molecule has 1 rings (SSSR count). The molecule has 1 aliphatic heterocycles. The average molecular weight is 185 g/mol. The molecule has 1 amide bonds. The lowest BCUT2D eigenvalue weighted by Gasteiger charge is -2.40. The third kappa shape index (κ3) is 2.00. The van der Waals surface area contributed by atoms with E-state index in [2.05, 4.69) is 0 Å². The van der Waals surface area contributed by atoms with Crippen LogP contribution in [0.2, 0.25) is 0 Å². The van der Waals surface area contributed by atoms with E-state index in [1.165, 1.54) is 0 Å². The van der Waals surface area contributed by atoms with Gasteiger partial charge in [0.25, 0.3) is 0 Å². The van der Waals surface area contributed by atoms with Crippen LogP contribution in [0.3, 0.4) is 0 Å². The smallest absolute Gasteiger partial charge is 0.241 e. The van der Waals surface area contributed by atoms with E-state index < -0.39 is 0 Å². The van der Waals surface area contributed by atoms with Crippen molar-refractivity contribution in [3.63, 3.8) is 0 Å². The van der Waals surface area contributed by atoms with Gasteiger partial charge in [-0.2, -0.15) is 0 Å². The van der Waals surface area contributed by atoms with E-state index in [1.54, 1.807) is 0 Å². The molecule has 2 N–H and O–H groups in total. The summed E-state index contributed by atoms with van der Waals surface area (Å²) >= 11 is 0. The van der Waals surface area contributed by atoms with Gasteiger partial charge in [-0.1, -0.05) is 0 Å². The maximum atomic E-state index is 11.8. The Bertz CT molecular complexity index is 189. The number of nitrogens with zero attached hydrogens (tertiary/aromatic N) is 2. The molecule has 0 saturated carbocycles. The van der Waals surface area contributed by atoms with Gasteiger partial charge >= 0.3 is 0 Å². The van der Waals surface area contributed by atoms with E-state index in [0.29, 0.717) is 6.54 Å². The molecule has 1 saturated heterocycles. The largest absolute Gasteiger partial charge is 0.338 e. The molecule has 0 aromatic heterocycles. The van der Waals surface area contributed by atoms with Gasteiger partial charge in [0.05, 0.1) is 0 Å². The Balaban J connectivity index is 2.69. The Kier molecular flexibility index (Phi) is 3.27. The van der Waals surface area contributed by atoms with Crippen molar-refractivity contribution in [2.45, 2.75) is 25.9 Å². The highest BCUT2D eigenvalue weighted by atomic mass is 16.2. The quantitative estimate of drug-likeness (QED) is 0.631. The van der Waals surface area contributed by atoms with E-state index in [4.69, 9.17) is 5.73 Å². The fourth-order valence-corrected chi connectivity index (χ4v) is 1.70. The number of rotatable bonds is 2. The summed E-state index contributed by atoms with van der Waals surface area (Å²) in [6, 6.07) is 0.173. The van der Waals surface area contributed by atoms with Crippen LogP contribution in [0.5, 0.6) is 0 Å². The summed E-state index contributed by atoms with van der Waals surface area (Å²) in [5.41, 5.74) is 5.56. The Morgan fingerprint density at radius 3 is 2.62 bits per heavy atom. The second-order valence-electron chi connectivity index (χ2n) is 3.86. The Morgan fingerprint density at radius 1 is 1.54 bits per heavy atom. The number of likely N-dealkylation sites (N-methyl/N-ethyl adjacent to an activating group) is 1. The third-order valence-corrected chi connectivity index (χ3v) is 2.64. The molecule has 4 nitrogen and oxygen atoms in total. The normalized spacial score (nSPS) is 25.8. The van der Waals surface area contributed by atoms with Crippen LogP contribution < -0.4 is 5.73 Å². The molecule has 4 heteroatoms. The van der Waals surface area contributed by atoms with E-state index in [1.807, 2.05) is 30.7 Å². The van der Waals surface area contributed by atoms with Crippen LogP contribution in [0.15, 0.2) is 0 Å². The van der Waals surface area contributed by atoms with Crippen molar-refractivity contribution in [3.05, 3.63) is 0 Å². The number of carbonyl (C=O) groups is 1. The highest BCUT2D eigenvalue weighted by molar-refractivity contribution is 5.83. The molecular weight excluding hydrogens is 166 g/mol. The van der Waals surface area contributed by atoms with Crippen molar-refractivity contribution in [1.29, 1.82) is 0 Å². The van der Waals surface area contributed by atoms with Crippen molar-refractivity contribution >= 4 is 5.91 Å². The monoisotopic (exact) mass is 185 g/mol. The van der Waals surface area contributed by atoms with E-state index in [-0.39, 0.29) is 18.0 Å². The van der Waals surface area contributed by atoms with Gasteiger partial charge in [0.15, 0.2) is 0 Å². The lowest BCUT2D eigenvalue weighted by atomic mass is 10.1. The molecule has 1 atom stereocenters. The number of nitrogens with two attached hydrogens (primary N) is 1. The van der Waals surface area contributed by atoms with Crippen molar-refractivity contribution in [1.82, 2.24) is 9.80 Å². The van der Waals surface area contributed by atoms with Gasteiger partial charge in [-0.3, -0.25) is 9.69 Å². The zero-order valence-electron chi connectivity index (χ0n) is 8.66. The van der Waals surface area contributed by atoms with Crippen molar-refractivity contribution in [2.24, 2.45) is 5.73 Å². The molecule has 0 spiro atoms. The van der Waals surface area contributed by atoms with Gasteiger partial charge in [-0.25, -0.2) is 0 Å². The van der Waals surface area contributed by atoms with Crippen LogP contribution in [-0.4, -0.2) is 54.5 Å². The summed E-state index contributed by atoms with van der Waals surface area (Å²) < 4.78 is 0. The van der Waals surface area contributed by atoms with Crippen molar-refractivity contribution in [2.75, 3.05) is 26.7 Å². The first-order chi connectivity index (χ1) is 6.07. The molecule has 0 bridgehead atoms. The standard InChI is InChI=1S/C9H19N3O/c1-7(2)12-5-4-11(3)8(6-10)9(12)13/h7-8H,4-6,10H2,1-3H3. The summed E-state index contributed by atoms with van der Waals surface area (Å²) in [6.45, 7) is 6.24. The van der Waals surface area contributed by atoms with Gasteiger partial charge in [-0.05, 0) is 20.9 Å². The minimum atomic E-state index is -0.115. The molecular formula is C9H19N3O. The Morgan fingerprint density at radius 2 is 2.15 bits per heavy atom. The SMILES string of the molecule is CC(C)N1CCN(C)C(CN)C1=O. The van der Waals surface area contributed by atoms with E-state index in [9.17, 15) is 4.79 Å². The van der Waals surface area contributed by atoms with Crippen molar-refractivity contribution < 1.29 is 4.79 Å². The van der Waals surface area contributed by atoms with Crippen LogP contribution in [-0.2, 0) is 4.79 Å². The van der Waals surface area contributed by atoms with Gasteiger partial charge in [0, 0.05) is 25.7 Å². The fourth-order valence-electron chi connectivity index (χ4n) is 1.70. The Hall–Kier alpha value is -0.610. The molecule has 0 aliphatic carbocycles. The highest BCUT2D eigenvalue weighted by Crippen LogP contribution is 2.11. The van der Waals surface area contributed by atoms with Gasteiger partial charge < -0.3 is 10.6 Å². The molecule has 0 aromatic rings. The second kappa shape index (κ2) is 4.07. The lowest BCUT2D eigenvalue weighted by molar-refractivity contribution is -0.142. The summed E-state index contributed by atoms with van der Waals surface area (Å²) in [4.78, 5) is 15.7. The van der Waals surface area contributed by atoms with Gasteiger partial charge in [0.1, 0.15) is 6.04 Å². The lowest BCUT2D eigenvalue weighted by Crippen LogP contribution is -2.59. The topological polar surface area (TPSA) is 49.6 Å². The predicted molar refractivity (Wildman–Crippen MR) is 52.3 cm³/mol. The molecule has 0 radical (unpaired) electrons. The fraction of sp³-hybridized carbons (Fsp3) is 0.889. The van der Waals surface area contributed by atoms with Gasteiger partial charge in [-0.15, -0.1) is 0 Å². The molecule has 1 fully saturated rings. The van der Waals surface area contributed by atoms with E-state index in [0.717, 1.165) is 13.1 Å². The van der Waals surface area contributed by atoms with E-state index >= 15 is 0 Å². The summed E-state index contributed by atoms with van der Waals surface area (Å²) in [6.07, 6.45) is 0. The molecule has 13 heavy (non-hydrogen) atoms. The second-order valence-corrected chi connectivity index (χ2v) is 3.86. The summed E-state index contributed by atoms with van der Waals surface area (Å²) in [5, 5.41) is 0. The predicted octanol–water partition coefficient (Wildman–Crippen LogP) is -0.504. The first-order valence-corrected chi connectivity index (χ1v) is 4.78. The van der Waals surface area contributed by atoms with Crippen LogP contribution in [0.25, 0.3) is 0 Å². The summed E-state index contributed by atoms with van der Waals surface area (Å²) in [7, 11) is 1.95. The molecule has 1 heterocycles. The number of hydrogen-bond donors (Lipinski definition) is 1.